The maximum absolute atomic E-state index is 6.40. The molecule has 2 unspecified atom stereocenters. The number of para-hydroxylation sites is 3. The van der Waals surface area contributed by atoms with Crippen molar-refractivity contribution in [1.29, 1.82) is 0 Å². The molecule has 0 amide bonds. The van der Waals surface area contributed by atoms with Crippen LogP contribution in [0.2, 0.25) is 0 Å². The molecular weight excluding hydrogens is 422 g/mol. The maximum atomic E-state index is 6.40. The number of aromatic nitrogens is 1. The van der Waals surface area contributed by atoms with E-state index in [1.807, 2.05) is 108 Å². The molecule has 1 aromatic heterocycles. The zero-order chi connectivity index (χ0) is 21.6. The van der Waals surface area contributed by atoms with Gasteiger partial charge in [0.05, 0.1) is 24.8 Å². The van der Waals surface area contributed by atoms with Gasteiger partial charge in [-0.3, -0.25) is 4.98 Å². The highest BCUT2D eigenvalue weighted by Crippen LogP contribution is 2.29. The smallest absolute Gasteiger partial charge is 0.205 e. The summed E-state index contributed by atoms with van der Waals surface area (Å²) in [6.07, 6.45) is 1.04. The lowest BCUT2D eigenvalue weighted by atomic mass is 10.3. The molecule has 3 aromatic carbocycles. The molecule has 162 valence electrons. The normalized spacial score (nSPS) is 18.8. The second-order valence-corrected chi connectivity index (χ2v) is 8.14. The Balaban J connectivity index is 1.48. The summed E-state index contributed by atoms with van der Waals surface area (Å²) in [5.74, 6) is 2.26. The summed E-state index contributed by atoms with van der Waals surface area (Å²) in [6, 6.07) is 29.3. The maximum Gasteiger partial charge on any atom is 0.205 e. The van der Waals surface area contributed by atoms with Crippen molar-refractivity contribution in [3.63, 3.8) is 0 Å². The van der Waals surface area contributed by atoms with Crippen LogP contribution in [0, 0.1) is 0 Å². The van der Waals surface area contributed by atoms with Crippen LogP contribution in [0.15, 0.2) is 103 Å². The quantitative estimate of drug-likeness (QED) is 0.396. The van der Waals surface area contributed by atoms with Crippen molar-refractivity contribution in [2.75, 3.05) is 18.0 Å². The minimum Gasteiger partial charge on any atom is -0.470 e. The van der Waals surface area contributed by atoms with Gasteiger partial charge in [0.1, 0.15) is 22.2 Å². The second kappa shape index (κ2) is 9.72. The van der Waals surface area contributed by atoms with E-state index in [0.717, 1.165) is 22.2 Å². The number of hydrogen-bond donors (Lipinski definition) is 0. The Kier molecular flexibility index (Phi) is 6.18. The highest BCUT2D eigenvalue weighted by atomic mass is 32.1. The summed E-state index contributed by atoms with van der Waals surface area (Å²) in [5.41, 5.74) is 1.84. The van der Waals surface area contributed by atoms with Gasteiger partial charge in [0.25, 0.3) is 0 Å². The molecule has 1 saturated heterocycles. The van der Waals surface area contributed by atoms with E-state index in [4.69, 9.17) is 14.3 Å². The Morgan fingerprint density at radius 2 is 1.19 bits per heavy atom. The van der Waals surface area contributed by atoms with Crippen LogP contribution in [0.5, 0.6) is 17.2 Å². The number of rotatable bonds is 7. The molecule has 1 aliphatic heterocycles. The monoisotopic (exact) mass is 445 g/mol. The van der Waals surface area contributed by atoms with E-state index in [-0.39, 0.29) is 0 Å². The highest BCUT2D eigenvalue weighted by molar-refractivity contribution is 7.13. The summed E-state index contributed by atoms with van der Waals surface area (Å²) in [6.45, 7) is 1.19. The van der Waals surface area contributed by atoms with E-state index < -0.39 is 12.5 Å². The third kappa shape index (κ3) is 4.85. The topological polar surface area (TPSA) is 47.1 Å². The first-order valence-electron chi connectivity index (χ1n) is 10.4. The highest BCUT2D eigenvalue weighted by Gasteiger charge is 2.40. The zero-order valence-corrected chi connectivity index (χ0v) is 18.2. The fourth-order valence-electron chi connectivity index (χ4n) is 3.55. The molecule has 1 aliphatic rings. The fourth-order valence-corrected chi connectivity index (χ4v) is 4.20. The van der Waals surface area contributed by atoms with E-state index >= 15 is 0 Å². The summed E-state index contributed by atoms with van der Waals surface area (Å²) in [4.78, 5) is 12.8. The summed E-state index contributed by atoms with van der Waals surface area (Å²) in [7, 11) is 0. The molecule has 7 heteroatoms. The number of ether oxygens (including phenoxy) is 2. The first-order valence-corrected chi connectivity index (χ1v) is 11.3. The number of anilines is 1. The van der Waals surface area contributed by atoms with Crippen molar-refractivity contribution in [2.24, 2.45) is 0 Å². The summed E-state index contributed by atoms with van der Waals surface area (Å²) < 4.78 is 12.8. The van der Waals surface area contributed by atoms with E-state index in [1.165, 1.54) is 0 Å². The Morgan fingerprint density at radius 1 is 0.688 bits per heavy atom. The van der Waals surface area contributed by atoms with Gasteiger partial charge >= 0.3 is 0 Å². The minimum absolute atomic E-state index is 0.415. The first kappa shape index (κ1) is 20.4. The average molecular weight is 446 g/mol. The summed E-state index contributed by atoms with van der Waals surface area (Å²) >= 11 is 1.60. The molecule has 0 N–H and O–H groups in total. The van der Waals surface area contributed by atoms with E-state index in [1.54, 1.807) is 11.3 Å². The van der Waals surface area contributed by atoms with Crippen molar-refractivity contribution >= 4 is 16.3 Å². The average Bonchev–Trinajstić information content (AvgIpc) is 3.38. The molecule has 5 rings (SSSR count). The molecule has 0 aliphatic carbocycles. The Hall–Kier alpha value is -3.55. The molecule has 6 nitrogen and oxygen atoms in total. The molecule has 0 bridgehead atoms. The summed E-state index contributed by atoms with van der Waals surface area (Å²) in [5, 5.41) is 2.88. The lowest BCUT2D eigenvalue weighted by Crippen LogP contribution is -2.63. The Morgan fingerprint density at radius 3 is 1.66 bits per heavy atom. The molecule has 2 atom stereocenters. The van der Waals surface area contributed by atoms with Gasteiger partial charge in [0.2, 0.25) is 12.5 Å². The van der Waals surface area contributed by atoms with Crippen LogP contribution < -0.4 is 19.2 Å². The minimum atomic E-state index is -0.415. The molecule has 32 heavy (non-hydrogen) atoms. The van der Waals surface area contributed by atoms with Gasteiger partial charge in [0, 0.05) is 0 Å². The number of thiazole rings is 1. The lowest BCUT2D eigenvalue weighted by Gasteiger charge is -2.44. The predicted molar refractivity (Wildman–Crippen MR) is 125 cm³/mol. The van der Waals surface area contributed by atoms with Gasteiger partial charge in [-0.15, -0.1) is 11.3 Å². The van der Waals surface area contributed by atoms with Crippen molar-refractivity contribution < 1.29 is 14.3 Å². The molecule has 4 aromatic rings. The molecule has 2 heterocycles. The van der Waals surface area contributed by atoms with Gasteiger partial charge in [-0.2, -0.15) is 0 Å². The predicted octanol–water partition coefficient (Wildman–Crippen LogP) is 5.07. The van der Waals surface area contributed by atoms with Gasteiger partial charge < -0.3 is 19.2 Å². The number of piperazine rings is 1. The van der Waals surface area contributed by atoms with E-state index in [2.05, 4.69) is 9.88 Å². The van der Waals surface area contributed by atoms with E-state index in [0.29, 0.717) is 13.1 Å². The largest absolute Gasteiger partial charge is 0.470 e. The van der Waals surface area contributed by atoms with Crippen LogP contribution >= 0.6 is 11.3 Å². The molecular formula is C25H23N3O3S. The number of hydroxylamine groups is 2. The fraction of sp³-hybridized carbons (Fsp3) is 0.160. The van der Waals surface area contributed by atoms with E-state index in [9.17, 15) is 0 Å². The standard InChI is InChI=1S/C25H23N3O3S/c1-4-10-20(11-5-1)29-23-17-27(25-16-26-19-32-25)18-24(30-21-12-6-2-7-13-21)28(23)31-22-14-8-3-9-15-22/h1-16,19,23-24H,17-18H2. The van der Waals surface area contributed by atoms with Crippen molar-refractivity contribution in [3.05, 3.63) is 103 Å². The Labute approximate surface area is 191 Å². The van der Waals surface area contributed by atoms with Crippen molar-refractivity contribution in [2.45, 2.75) is 12.5 Å². The molecule has 1 fully saturated rings. The molecule has 0 saturated carbocycles. The van der Waals surface area contributed by atoms with Crippen LogP contribution in [-0.4, -0.2) is 35.6 Å². The Bertz CT molecular complexity index is 1030. The first-order chi connectivity index (χ1) is 15.8. The van der Waals surface area contributed by atoms with Gasteiger partial charge in [-0.05, 0) is 36.4 Å². The van der Waals surface area contributed by atoms with Gasteiger partial charge in [-0.1, -0.05) is 59.7 Å². The molecule has 0 spiro atoms. The number of nitrogens with zero attached hydrogens (tertiary/aromatic N) is 3. The van der Waals surface area contributed by atoms with Gasteiger partial charge in [-0.25, -0.2) is 0 Å². The third-order valence-electron chi connectivity index (χ3n) is 5.04. The zero-order valence-electron chi connectivity index (χ0n) is 17.4. The third-order valence-corrected chi connectivity index (χ3v) is 5.87. The molecule has 0 radical (unpaired) electrons. The second-order valence-electron chi connectivity index (χ2n) is 7.28. The van der Waals surface area contributed by atoms with Crippen LogP contribution in [0.3, 0.4) is 0 Å². The lowest BCUT2D eigenvalue weighted by molar-refractivity contribution is -0.236. The van der Waals surface area contributed by atoms with Crippen molar-refractivity contribution in [1.82, 2.24) is 10.0 Å². The van der Waals surface area contributed by atoms with Gasteiger partial charge in [0.15, 0.2) is 0 Å². The number of benzene rings is 3. The van der Waals surface area contributed by atoms with Crippen LogP contribution in [0.1, 0.15) is 0 Å². The van der Waals surface area contributed by atoms with Crippen LogP contribution in [-0.2, 0) is 0 Å². The van der Waals surface area contributed by atoms with Crippen LogP contribution in [0.25, 0.3) is 0 Å². The SMILES string of the molecule is c1ccc(OC2CN(c3cncs3)CC(Oc3ccccc3)N2Oc2ccccc2)cc1. The number of hydrogen-bond acceptors (Lipinski definition) is 7. The van der Waals surface area contributed by atoms with Crippen molar-refractivity contribution in [3.8, 4) is 17.2 Å². The van der Waals surface area contributed by atoms with Crippen LogP contribution in [0.4, 0.5) is 5.00 Å².